The Bertz CT molecular complexity index is 384. The first-order valence-corrected chi connectivity index (χ1v) is 7.87. The highest BCUT2D eigenvalue weighted by Crippen LogP contribution is 2.33. The van der Waals surface area contributed by atoms with Crippen molar-refractivity contribution in [3.8, 4) is 0 Å². The number of hydrogen-bond donors (Lipinski definition) is 1. The van der Waals surface area contributed by atoms with E-state index in [0.29, 0.717) is 12.6 Å². The van der Waals surface area contributed by atoms with Gasteiger partial charge in [0.1, 0.15) is 0 Å². The van der Waals surface area contributed by atoms with Gasteiger partial charge < -0.3 is 15.0 Å². The molecule has 0 saturated carbocycles. The second-order valence-electron chi connectivity index (χ2n) is 5.38. The lowest BCUT2D eigenvalue weighted by molar-refractivity contribution is 0.181. The molecule has 1 fully saturated rings. The molecule has 108 valence electrons. The maximum atomic E-state index is 5.26. The van der Waals surface area contributed by atoms with Gasteiger partial charge in [-0.25, -0.2) is 4.98 Å². The van der Waals surface area contributed by atoms with E-state index < -0.39 is 0 Å². The van der Waals surface area contributed by atoms with Crippen LogP contribution >= 0.6 is 11.3 Å². The van der Waals surface area contributed by atoms with Crippen molar-refractivity contribution >= 4 is 16.5 Å². The molecule has 1 aliphatic rings. The molecule has 2 rings (SSSR count). The molecule has 1 aliphatic heterocycles. The normalized spacial score (nSPS) is 23.9. The van der Waals surface area contributed by atoms with Crippen molar-refractivity contribution in [3.63, 3.8) is 0 Å². The lowest BCUT2D eigenvalue weighted by Crippen LogP contribution is -2.42. The van der Waals surface area contributed by atoms with Gasteiger partial charge in [0.2, 0.25) is 0 Å². The number of piperidine rings is 1. The van der Waals surface area contributed by atoms with Crippen LogP contribution < -0.4 is 10.2 Å². The third-order valence-electron chi connectivity index (χ3n) is 4.00. The van der Waals surface area contributed by atoms with Crippen molar-refractivity contribution < 1.29 is 4.74 Å². The molecule has 2 atom stereocenters. The quantitative estimate of drug-likeness (QED) is 0.901. The van der Waals surface area contributed by atoms with Crippen LogP contribution in [0.3, 0.4) is 0 Å². The number of anilines is 1. The smallest absolute Gasteiger partial charge is 0.186 e. The zero-order valence-electron chi connectivity index (χ0n) is 12.4. The summed E-state index contributed by atoms with van der Waals surface area (Å²) in [6, 6.07) is 0.581. The van der Waals surface area contributed by atoms with Crippen molar-refractivity contribution in [1.29, 1.82) is 0 Å². The summed E-state index contributed by atoms with van der Waals surface area (Å²) >= 11 is 1.81. The Kier molecular flexibility index (Phi) is 5.19. The Balaban J connectivity index is 2.21. The number of thiazole rings is 1. The maximum Gasteiger partial charge on any atom is 0.186 e. The standard InChI is InChI=1S/C14H25N3OS/c1-10-6-5-7-17(11(10)2)14-16-12(9-18-4)13(19-14)8-15-3/h10-11,15H,5-9H2,1-4H3. The molecule has 1 N–H and O–H groups in total. The SMILES string of the molecule is CNCc1sc(N2CCCC(C)C2C)nc1COC. The largest absolute Gasteiger partial charge is 0.378 e. The van der Waals surface area contributed by atoms with Crippen LogP contribution in [0.25, 0.3) is 0 Å². The zero-order valence-corrected chi connectivity index (χ0v) is 13.2. The summed E-state index contributed by atoms with van der Waals surface area (Å²) < 4.78 is 5.26. The average Bonchev–Trinajstić information content (AvgIpc) is 2.77. The minimum Gasteiger partial charge on any atom is -0.378 e. The number of hydrogen-bond acceptors (Lipinski definition) is 5. The van der Waals surface area contributed by atoms with E-state index in [1.807, 2.05) is 18.4 Å². The van der Waals surface area contributed by atoms with Gasteiger partial charge in [-0.3, -0.25) is 0 Å². The molecule has 0 aromatic carbocycles. The summed E-state index contributed by atoms with van der Waals surface area (Å²) in [6.07, 6.45) is 2.60. The fourth-order valence-corrected chi connectivity index (χ4v) is 3.84. The second kappa shape index (κ2) is 6.68. The van der Waals surface area contributed by atoms with Gasteiger partial charge in [0.25, 0.3) is 0 Å². The fourth-order valence-electron chi connectivity index (χ4n) is 2.65. The maximum absolute atomic E-state index is 5.26. The zero-order chi connectivity index (χ0) is 13.8. The van der Waals surface area contributed by atoms with Gasteiger partial charge in [-0.05, 0) is 32.7 Å². The van der Waals surface area contributed by atoms with E-state index in [4.69, 9.17) is 9.72 Å². The van der Waals surface area contributed by atoms with Crippen LogP contribution in [0.5, 0.6) is 0 Å². The molecule has 0 aliphatic carbocycles. The molecular weight excluding hydrogens is 258 g/mol. The summed E-state index contributed by atoms with van der Waals surface area (Å²) in [7, 11) is 3.70. The van der Waals surface area contributed by atoms with Crippen molar-refractivity contribution in [2.75, 3.05) is 25.6 Å². The summed E-state index contributed by atoms with van der Waals surface area (Å²) in [5, 5.41) is 4.38. The Morgan fingerprint density at radius 1 is 1.47 bits per heavy atom. The summed E-state index contributed by atoms with van der Waals surface area (Å²) in [5.41, 5.74) is 1.09. The first-order chi connectivity index (χ1) is 9.17. The van der Waals surface area contributed by atoms with Gasteiger partial charge in [0.15, 0.2) is 5.13 Å². The van der Waals surface area contributed by atoms with Crippen LogP contribution in [0.1, 0.15) is 37.3 Å². The highest BCUT2D eigenvalue weighted by Gasteiger charge is 2.27. The van der Waals surface area contributed by atoms with Crippen LogP contribution in [0.4, 0.5) is 5.13 Å². The Morgan fingerprint density at radius 2 is 2.26 bits per heavy atom. The van der Waals surface area contributed by atoms with Gasteiger partial charge in [-0.2, -0.15) is 0 Å². The topological polar surface area (TPSA) is 37.4 Å². The van der Waals surface area contributed by atoms with Crippen LogP contribution in [-0.4, -0.2) is 31.7 Å². The van der Waals surface area contributed by atoms with Crippen LogP contribution in [0.2, 0.25) is 0 Å². The minimum absolute atomic E-state index is 0.581. The van der Waals surface area contributed by atoms with Crippen LogP contribution in [-0.2, 0) is 17.9 Å². The molecule has 4 nitrogen and oxygen atoms in total. The first-order valence-electron chi connectivity index (χ1n) is 7.06. The van der Waals surface area contributed by atoms with Crippen molar-refractivity contribution in [2.45, 2.75) is 45.9 Å². The highest BCUT2D eigenvalue weighted by atomic mass is 32.1. The predicted molar refractivity (Wildman–Crippen MR) is 80.8 cm³/mol. The molecule has 2 heterocycles. The molecule has 1 aromatic rings. The third kappa shape index (κ3) is 3.27. The number of rotatable bonds is 5. The molecule has 1 aromatic heterocycles. The van der Waals surface area contributed by atoms with E-state index >= 15 is 0 Å². The number of nitrogens with zero attached hydrogens (tertiary/aromatic N) is 2. The van der Waals surface area contributed by atoms with Crippen LogP contribution in [0, 0.1) is 5.92 Å². The molecule has 5 heteroatoms. The number of methoxy groups -OCH3 is 1. The monoisotopic (exact) mass is 283 g/mol. The number of aromatic nitrogens is 1. The van der Waals surface area contributed by atoms with E-state index in [1.54, 1.807) is 7.11 Å². The molecule has 19 heavy (non-hydrogen) atoms. The van der Waals surface area contributed by atoms with E-state index in [0.717, 1.165) is 29.8 Å². The molecule has 0 bridgehead atoms. The summed E-state index contributed by atoms with van der Waals surface area (Å²) in [4.78, 5) is 8.57. The number of nitrogens with one attached hydrogen (secondary N) is 1. The summed E-state index contributed by atoms with van der Waals surface area (Å²) in [6.45, 7) is 7.26. The Morgan fingerprint density at radius 3 is 2.95 bits per heavy atom. The Hall–Kier alpha value is -0.650. The van der Waals surface area contributed by atoms with Gasteiger partial charge >= 0.3 is 0 Å². The van der Waals surface area contributed by atoms with Crippen molar-refractivity contribution in [2.24, 2.45) is 5.92 Å². The molecule has 2 unspecified atom stereocenters. The summed E-state index contributed by atoms with van der Waals surface area (Å²) in [5.74, 6) is 0.747. The van der Waals surface area contributed by atoms with Gasteiger partial charge in [-0.1, -0.05) is 6.92 Å². The van der Waals surface area contributed by atoms with Gasteiger partial charge in [0, 0.05) is 31.1 Å². The predicted octanol–water partition coefficient (Wildman–Crippen LogP) is 2.63. The van der Waals surface area contributed by atoms with Crippen molar-refractivity contribution in [1.82, 2.24) is 10.3 Å². The van der Waals surface area contributed by atoms with E-state index in [9.17, 15) is 0 Å². The molecule has 0 radical (unpaired) electrons. The lowest BCUT2D eigenvalue weighted by Gasteiger charge is -2.37. The van der Waals surface area contributed by atoms with E-state index in [2.05, 4.69) is 24.1 Å². The molecule has 1 saturated heterocycles. The Labute approximate surface area is 120 Å². The minimum atomic E-state index is 0.581. The van der Waals surface area contributed by atoms with E-state index in [1.165, 1.54) is 17.7 Å². The molecular formula is C14H25N3OS. The van der Waals surface area contributed by atoms with Crippen LogP contribution in [0.15, 0.2) is 0 Å². The second-order valence-corrected chi connectivity index (χ2v) is 6.45. The lowest BCUT2D eigenvalue weighted by atomic mass is 9.93. The molecule has 0 spiro atoms. The van der Waals surface area contributed by atoms with Gasteiger partial charge in [0.05, 0.1) is 12.3 Å². The highest BCUT2D eigenvalue weighted by molar-refractivity contribution is 7.15. The third-order valence-corrected chi connectivity index (χ3v) is 5.14. The molecule has 0 amide bonds. The number of ether oxygens (including phenoxy) is 1. The fraction of sp³-hybridized carbons (Fsp3) is 0.786. The van der Waals surface area contributed by atoms with Crippen molar-refractivity contribution in [3.05, 3.63) is 10.6 Å². The first kappa shape index (κ1) is 14.8. The average molecular weight is 283 g/mol. The van der Waals surface area contributed by atoms with Gasteiger partial charge in [-0.15, -0.1) is 11.3 Å². The van der Waals surface area contributed by atoms with E-state index in [-0.39, 0.29) is 0 Å².